The third kappa shape index (κ3) is 2.96. The van der Waals surface area contributed by atoms with Gasteiger partial charge >= 0.3 is 6.09 Å². The minimum Gasteiger partial charge on any atom is -0.443 e. The highest BCUT2D eigenvalue weighted by Crippen LogP contribution is 2.41. The van der Waals surface area contributed by atoms with Crippen molar-refractivity contribution in [1.29, 1.82) is 0 Å². The lowest BCUT2D eigenvalue weighted by atomic mass is 9.80. The summed E-state index contributed by atoms with van der Waals surface area (Å²) in [6, 6.07) is 8.47. The molecule has 0 N–H and O–H groups in total. The zero-order chi connectivity index (χ0) is 15.8. The third-order valence-corrected chi connectivity index (χ3v) is 3.27. The summed E-state index contributed by atoms with van der Waals surface area (Å²) >= 11 is 0. The van der Waals surface area contributed by atoms with Crippen LogP contribution in [0.3, 0.4) is 0 Å². The van der Waals surface area contributed by atoms with Crippen LogP contribution >= 0.6 is 0 Å². The Labute approximate surface area is 123 Å². The van der Waals surface area contributed by atoms with Crippen LogP contribution < -0.4 is 0 Å². The first kappa shape index (κ1) is 15.2. The van der Waals surface area contributed by atoms with Crippen LogP contribution in [0.2, 0.25) is 0 Å². The van der Waals surface area contributed by atoms with E-state index in [0.29, 0.717) is 0 Å². The van der Waals surface area contributed by atoms with Gasteiger partial charge < -0.3 is 4.74 Å². The number of β-lactam (4-membered cyclic amide) rings is 1. The van der Waals surface area contributed by atoms with Gasteiger partial charge in [0.25, 0.3) is 0 Å². The first-order valence-corrected chi connectivity index (χ1v) is 6.84. The van der Waals surface area contributed by atoms with Crippen molar-refractivity contribution in [2.45, 2.75) is 39.3 Å². The van der Waals surface area contributed by atoms with E-state index in [1.807, 2.05) is 18.2 Å². The van der Waals surface area contributed by atoms with Gasteiger partial charge in [-0.25, -0.2) is 9.69 Å². The van der Waals surface area contributed by atoms with Crippen molar-refractivity contribution in [3.8, 4) is 0 Å². The molecule has 1 heterocycles. The lowest BCUT2D eigenvalue weighted by Gasteiger charge is -2.44. The van der Waals surface area contributed by atoms with Gasteiger partial charge in [0.1, 0.15) is 17.3 Å². The standard InChI is InChI=1S/C16H19NO4/c1-10(18)12-13(11-8-6-5-7-9-11)17(14(12)19)15(20)21-16(2,3)4/h5-9,12-13H,1-4H3/t12-,13+/m0/s1. The van der Waals surface area contributed by atoms with Gasteiger partial charge in [0.2, 0.25) is 5.91 Å². The Morgan fingerprint density at radius 3 is 2.19 bits per heavy atom. The normalized spacial score (nSPS) is 21.7. The SMILES string of the molecule is CC(=O)[C@@H]1C(=O)N(C(=O)OC(C)(C)C)[C@@H]1c1ccccc1. The van der Waals surface area contributed by atoms with E-state index < -0.39 is 29.6 Å². The van der Waals surface area contributed by atoms with Gasteiger partial charge in [-0.2, -0.15) is 0 Å². The maximum Gasteiger partial charge on any atom is 0.417 e. The molecular weight excluding hydrogens is 270 g/mol. The number of ether oxygens (including phenoxy) is 1. The smallest absolute Gasteiger partial charge is 0.417 e. The maximum atomic E-state index is 12.2. The second kappa shape index (κ2) is 5.31. The number of ketones is 1. The van der Waals surface area contributed by atoms with E-state index in [1.54, 1.807) is 32.9 Å². The lowest BCUT2D eigenvalue weighted by Crippen LogP contribution is -2.60. The summed E-state index contributed by atoms with van der Waals surface area (Å²) in [4.78, 5) is 37.0. The van der Waals surface area contributed by atoms with E-state index in [9.17, 15) is 14.4 Å². The van der Waals surface area contributed by atoms with Gasteiger partial charge in [0.05, 0.1) is 6.04 Å². The van der Waals surface area contributed by atoms with Crippen molar-refractivity contribution in [2.24, 2.45) is 5.92 Å². The molecule has 2 rings (SSSR count). The number of hydrogen-bond donors (Lipinski definition) is 0. The molecule has 1 aliphatic rings. The van der Waals surface area contributed by atoms with Crippen LogP contribution in [0.25, 0.3) is 0 Å². The topological polar surface area (TPSA) is 63.7 Å². The van der Waals surface area contributed by atoms with Gasteiger partial charge in [0.15, 0.2) is 0 Å². The van der Waals surface area contributed by atoms with Crippen LogP contribution in [0.4, 0.5) is 4.79 Å². The number of likely N-dealkylation sites (tertiary alicyclic amines) is 1. The molecule has 2 atom stereocenters. The number of imide groups is 1. The van der Waals surface area contributed by atoms with E-state index >= 15 is 0 Å². The Balaban J connectivity index is 2.30. The predicted octanol–water partition coefficient (Wildman–Crippen LogP) is 2.71. The number of nitrogens with zero attached hydrogens (tertiary/aromatic N) is 1. The van der Waals surface area contributed by atoms with Gasteiger partial charge in [-0.3, -0.25) is 9.59 Å². The van der Waals surface area contributed by atoms with E-state index in [0.717, 1.165) is 10.5 Å². The van der Waals surface area contributed by atoms with Crippen LogP contribution in [0, 0.1) is 5.92 Å². The molecule has 5 heteroatoms. The minimum absolute atomic E-state index is 0.242. The molecule has 0 aliphatic carbocycles. The number of benzene rings is 1. The molecule has 1 aromatic rings. The molecule has 21 heavy (non-hydrogen) atoms. The zero-order valence-electron chi connectivity index (χ0n) is 12.6. The maximum absolute atomic E-state index is 12.2. The monoisotopic (exact) mass is 289 g/mol. The lowest BCUT2D eigenvalue weighted by molar-refractivity contribution is -0.158. The van der Waals surface area contributed by atoms with E-state index in [4.69, 9.17) is 4.74 Å². The fraction of sp³-hybridized carbons (Fsp3) is 0.438. The summed E-state index contributed by atoms with van der Waals surface area (Å²) in [7, 11) is 0. The Morgan fingerprint density at radius 1 is 1.14 bits per heavy atom. The molecule has 5 nitrogen and oxygen atoms in total. The van der Waals surface area contributed by atoms with Crippen molar-refractivity contribution in [3.63, 3.8) is 0 Å². The molecule has 1 aromatic carbocycles. The molecule has 1 fully saturated rings. The van der Waals surface area contributed by atoms with Crippen molar-refractivity contribution >= 4 is 17.8 Å². The minimum atomic E-state index is -0.806. The van der Waals surface area contributed by atoms with Crippen LogP contribution in [-0.2, 0) is 14.3 Å². The summed E-state index contributed by atoms with van der Waals surface area (Å²) < 4.78 is 5.25. The van der Waals surface area contributed by atoms with Gasteiger partial charge in [-0.15, -0.1) is 0 Å². The molecule has 0 unspecified atom stereocenters. The van der Waals surface area contributed by atoms with Crippen LogP contribution in [0.5, 0.6) is 0 Å². The highest BCUT2D eigenvalue weighted by Gasteiger charge is 2.54. The fourth-order valence-corrected chi connectivity index (χ4v) is 2.39. The largest absolute Gasteiger partial charge is 0.443 e. The number of rotatable bonds is 2. The average molecular weight is 289 g/mol. The average Bonchev–Trinajstić information content (AvgIpc) is 2.34. The van der Waals surface area contributed by atoms with Crippen LogP contribution in [0.15, 0.2) is 30.3 Å². The Hall–Kier alpha value is -2.17. The number of amides is 2. The molecule has 2 amide bonds. The van der Waals surface area contributed by atoms with E-state index in [-0.39, 0.29) is 5.78 Å². The summed E-state index contributed by atoms with van der Waals surface area (Å²) in [6.07, 6.45) is -0.709. The number of hydrogen-bond acceptors (Lipinski definition) is 4. The molecule has 0 spiro atoms. The Kier molecular flexibility index (Phi) is 3.85. The summed E-state index contributed by atoms with van der Waals surface area (Å²) in [5.41, 5.74) is 0.0584. The molecule has 0 bridgehead atoms. The summed E-state index contributed by atoms with van der Waals surface area (Å²) in [5.74, 6) is -1.54. The zero-order valence-corrected chi connectivity index (χ0v) is 12.6. The van der Waals surface area contributed by atoms with Crippen molar-refractivity contribution in [1.82, 2.24) is 4.90 Å². The van der Waals surface area contributed by atoms with Crippen molar-refractivity contribution < 1.29 is 19.1 Å². The van der Waals surface area contributed by atoms with E-state index in [2.05, 4.69) is 0 Å². The van der Waals surface area contributed by atoms with Gasteiger partial charge in [-0.1, -0.05) is 30.3 Å². The number of carbonyl (C=O) groups excluding carboxylic acids is 3. The Morgan fingerprint density at radius 2 is 1.71 bits per heavy atom. The third-order valence-electron chi connectivity index (χ3n) is 3.27. The molecular formula is C16H19NO4. The Bertz CT molecular complexity index is 574. The number of Topliss-reactive ketones (excluding diaryl/α,β-unsaturated/α-hetero) is 1. The first-order chi connectivity index (χ1) is 9.72. The molecule has 112 valence electrons. The highest BCUT2D eigenvalue weighted by molar-refractivity contribution is 6.11. The second-order valence-corrected chi connectivity index (χ2v) is 6.13. The van der Waals surface area contributed by atoms with Gasteiger partial charge in [-0.05, 0) is 33.3 Å². The quantitative estimate of drug-likeness (QED) is 0.620. The van der Waals surface area contributed by atoms with E-state index in [1.165, 1.54) is 6.92 Å². The first-order valence-electron chi connectivity index (χ1n) is 6.84. The van der Waals surface area contributed by atoms with Crippen LogP contribution in [0.1, 0.15) is 39.3 Å². The predicted molar refractivity (Wildman–Crippen MR) is 76.4 cm³/mol. The molecule has 0 aromatic heterocycles. The molecule has 0 saturated carbocycles. The number of carbonyl (C=O) groups is 3. The summed E-state index contributed by atoms with van der Waals surface area (Å²) in [6.45, 7) is 6.56. The van der Waals surface area contributed by atoms with Gasteiger partial charge in [0, 0.05) is 0 Å². The second-order valence-electron chi connectivity index (χ2n) is 6.13. The molecule has 0 radical (unpaired) electrons. The molecule has 1 saturated heterocycles. The highest BCUT2D eigenvalue weighted by atomic mass is 16.6. The van der Waals surface area contributed by atoms with Crippen molar-refractivity contribution in [3.05, 3.63) is 35.9 Å². The summed E-state index contributed by atoms with van der Waals surface area (Å²) in [5, 5.41) is 0. The van der Waals surface area contributed by atoms with Crippen molar-refractivity contribution in [2.75, 3.05) is 0 Å². The molecule has 1 aliphatic heterocycles. The van der Waals surface area contributed by atoms with Crippen LogP contribution in [-0.4, -0.2) is 28.3 Å². The fourth-order valence-electron chi connectivity index (χ4n) is 2.39.